The normalized spacial score (nSPS) is 10.5. The summed E-state index contributed by atoms with van der Waals surface area (Å²) in [5.74, 6) is -1.21. The molecule has 0 unspecified atom stereocenters. The molecule has 0 spiro atoms. The van der Waals surface area contributed by atoms with Crippen molar-refractivity contribution in [3.63, 3.8) is 0 Å². The van der Waals surface area contributed by atoms with Crippen LogP contribution in [-0.2, 0) is 0 Å². The van der Waals surface area contributed by atoms with Crippen molar-refractivity contribution in [2.24, 2.45) is 0 Å². The molecular formula is C18H11Cl2FN2O2. The Morgan fingerprint density at radius 3 is 2.36 bits per heavy atom. The van der Waals surface area contributed by atoms with Gasteiger partial charge in [-0.1, -0.05) is 35.3 Å². The van der Waals surface area contributed by atoms with Crippen LogP contribution < -0.4 is 10.9 Å². The highest BCUT2D eigenvalue weighted by atomic mass is 35.5. The molecular weight excluding hydrogens is 366 g/mol. The highest BCUT2D eigenvalue weighted by Gasteiger charge is 2.12. The van der Waals surface area contributed by atoms with Gasteiger partial charge in [0.25, 0.3) is 11.5 Å². The summed E-state index contributed by atoms with van der Waals surface area (Å²) in [5.41, 5.74) is 0.996. The minimum atomic E-state index is -0.619. The van der Waals surface area contributed by atoms with Crippen LogP contribution in [0.5, 0.6) is 0 Å². The number of carbonyl (C=O) groups is 1. The molecule has 3 aromatic rings. The molecule has 0 aliphatic carbocycles. The molecule has 126 valence electrons. The maximum Gasteiger partial charge on any atom is 0.261 e. The molecule has 1 aromatic heterocycles. The van der Waals surface area contributed by atoms with Crippen molar-refractivity contribution in [3.8, 4) is 11.3 Å². The van der Waals surface area contributed by atoms with Gasteiger partial charge in [-0.3, -0.25) is 9.59 Å². The second-order valence-corrected chi connectivity index (χ2v) is 6.05. The Hall–Kier alpha value is -2.63. The largest absolute Gasteiger partial charge is 0.322 e. The van der Waals surface area contributed by atoms with Crippen LogP contribution in [0.1, 0.15) is 10.4 Å². The van der Waals surface area contributed by atoms with Crippen molar-refractivity contribution in [2.45, 2.75) is 0 Å². The minimum absolute atomic E-state index is 0.0711. The second kappa shape index (κ2) is 7.09. The first kappa shape index (κ1) is 17.2. The molecule has 0 bridgehead atoms. The van der Waals surface area contributed by atoms with E-state index in [0.29, 0.717) is 10.7 Å². The third kappa shape index (κ3) is 3.90. The minimum Gasteiger partial charge on any atom is -0.322 e. The van der Waals surface area contributed by atoms with E-state index in [4.69, 9.17) is 23.2 Å². The number of anilines is 1. The standard InChI is InChI=1S/C18H11Cl2FN2O2/c19-11-3-1-10(2-4-11)16-8-6-13(18(25)23-16)17(24)22-12-5-7-15(21)14(20)9-12/h1-9H,(H,22,24)(H,23,25). The fraction of sp³-hybridized carbons (Fsp3) is 0. The van der Waals surface area contributed by atoms with Crippen molar-refractivity contribution < 1.29 is 9.18 Å². The van der Waals surface area contributed by atoms with Crippen molar-refractivity contribution in [3.05, 3.63) is 86.4 Å². The van der Waals surface area contributed by atoms with Gasteiger partial charge in [0.2, 0.25) is 0 Å². The highest BCUT2D eigenvalue weighted by Crippen LogP contribution is 2.21. The lowest BCUT2D eigenvalue weighted by Crippen LogP contribution is -2.23. The third-order valence-corrected chi connectivity index (χ3v) is 4.03. The zero-order chi connectivity index (χ0) is 18.0. The summed E-state index contributed by atoms with van der Waals surface area (Å²) in [6.07, 6.45) is 0. The Morgan fingerprint density at radius 2 is 1.72 bits per heavy atom. The van der Waals surface area contributed by atoms with Crippen molar-refractivity contribution in [1.82, 2.24) is 4.98 Å². The van der Waals surface area contributed by atoms with Crippen LogP contribution in [0.4, 0.5) is 10.1 Å². The van der Waals surface area contributed by atoms with E-state index < -0.39 is 17.3 Å². The van der Waals surface area contributed by atoms with Crippen molar-refractivity contribution in [1.29, 1.82) is 0 Å². The average Bonchev–Trinajstić information content (AvgIpc) is 2.58. The van der Waals surface area contributed by atoms with Crippen LogP contribution in [0.3, 0.4) is 0 Å². The quantitative estimate of drug-likeness (QED) is 0.693. The number of aromatic nitrogens is 1. The van der Waals surface area contributed by atoms with Crippen LogP contribution in [0.25, 0.3) is 11.3 Å². The molecule has 7 heteroatoms. The summed E-state index contributed by atoms with van der Waals surface area (Å²) in [5, 5.41) is 2.97. The molecule has 0 fully saturated rings. The molecule has 0 saturated carbocycles. The molecule has 4 nitrogen and oxygen atoms in total. The Bertz CT molecular complexity index is 1000. The molecule has 3 rings (SSSR count). The molecule has 1 heterocycles. The maximum absolute atomic E-state index is 13.1. The first-order valence-corrected chi connectivity index (χ1v) is 7.95. The van der Waals surface area contributed by atoms with E-state index in [9.17, 15) is 14.0 Å². The number of H-pyrrole nitrogens is 1. The Morgan fingerprint density at radius 1 is 1.00 bits per heavy atom. The molecule has 0 aliphatic heterocycles. The van der Waals surface area contributed by atoms with E-state index in [-0.39, 0.29) is 16.3 Å². The number of hydrogen-bond acceptors (Lipinski definition) is 2. The number of hydrogen-bond donors (Lipinski definition) is 2. The summed E-state index contributed by atoms with van der Waals surface area (Å²) in [6.45, 7) is 0. The zero-order valence-corrected chi connectivity index (χ0v) is 14.2. The molecule has 2 N–H and O–H groups in total. The van der Waals surface area contributed by atoms with Gasteiger partial charge in [-0.05, 0) is 48.0 Å². The number of nitrogens with one attached hydrogen (secondary N) is 2. The number of benzene rings is 2. The van der Waals surface area contributed by atoms with Gasteiger partial charge in [-0.25, -0.2) is 4.39 Å². The van der Waals surface area contributed by atoms with Crippen LogP contribution in [0, 0.1) is 5.82 Å². The summed E-state index contributed by atoms with van der Waals surface area (Å²) < 4.78 is 13.1. The summed E-state index contributed by atoms with van der Waals surface area (Å²) >= 11 is 11.5. The predicted octanol–water partition coefficient (Wildman–Crippen LogP) is 4.74. The van der Waals surface area contributed by atoms with Gasteiger partial charge < -0.3 is 10.3 Å². The van der Waals surface area contributed by atoms with E-state index in [2.05, 4.69) is 10.3 Å². The zero-order valence-electron chi connectivity index (χ0n) is 12.6. The van der Waals surface area contributed by atoms with Gasteiger partial charge in [0.1, 0.15) is 11.4 Å². The first-order valence-electron chi connectivity index (χ1n) is 7.20. The van der Waals surface area contributed by atoms with Crippen LogP contribution in [0.2, 0.25) is 10.0 Å². The van der Waals surface area contributed by atoms with E-state index >= 15 is 0 Å². The molecule has 0 radical (unpaired) electrons. The number of aromatic amines is 1. The SMILES string of the molecule is O=C(Nc1ccc(F)c(Cl)c1)c1ccc(-c2ccc(Cl)cc2)[nH]c1=O. The molecule has 1 amide bonds. The lowest BCUT2D eigenvalue weighted by Gasteiger charge is -2.07. The summed E-state index contributed by atoms with van der Waals surface area (Å²) in [6, 6.07) is 13.7. The summed E-state index contributed by atoms with van der Waals surface area (Å²) in [7, 11) is 0. The number of carbonyl (C=O) groups excluding carboxylic acids is 1. The van der Waals surface area contributed by atoms with E-state index in [1.807, 2.05) is 0 Å². The Labute approximate surface area is 152 Å². The van der Waals surface area contributed by atoms with Gasteiger partial charge in [0.05, 0.1) is 5.02 Å². The molecule has 0 saturated heterocycles. The van der Waals surface area contributed by atoms with E-state index in [1.165, 1.54) is 18.2 Å². The van der Waals surface area contributed by atoms with Crippen LogP contribution in [-0.4, -0.2) is 10.9 Å². The van der Waals surface area contributed by atoms with Gasteiger partial charge >= 0.3 is 0 Å². The van der Waals surface area contributed by atoms with E-state index in [0.717, 1.165) is 11.6 Å². The van der Waals surface area contributed by atoms with Crippen molar-refractivity contribution >= 4 is 34.8 Å². The molecule has 25 heavy (non-hydrogen) atoms. The fourth-order valence-corrected chi connectivity index (χ4v) is 2.53. The van der Waals surface area contributed by atoms with Crippen LogP contribution in [0.15, 0.2) is 59.4 Å². The van der Waals surface area contributed by atoms with Gasteiger partial charge in [-0.2, -0.15) is 0 Å². The topological polar surface area (TPSA) is 62.0 Å². The molecule has 0 aliphatic rings. The maximum atomic E-state index is 13.1. The second-order valence-electron chi connectivity index (χ2n) is 5.20. The Balaban J connectivity index is 1.85. The van der Waals surface area contributed by atoms with Gasteiger partial charge in [0, 0.05) is 16.4 Å². The number of rotatable bonds is 3. The predicted molar refractivity (Wildman–Crippen MR) is 96.9 cm³/mol. The third-order valence-electron chi connectivity index (χ3n) is 3.49. The number of amides is 1. The van der Waals surface area contributed by atoms with Gasteiger partial charge in [0.15, 0.2) is 0 Å². The molecule has 2 aromatic carbocycles. The molecule has 0 atom stereocenters. The highest BCUT2D eigenvalue weighted by molar-refractivity contribution is 6.31. The smallest absolute Gasteiger partial charge is 0.261 e. The average molecular weight is 377 g/mol. The first-order chi connectivity index (χ1) is 11.9. The van der Waals surface area contributed by atoms with Gasteiger partial charge in [-0.15, -0.1) is 0 Å². The fourth-order valence-electron chi connectivity index (χ4n) is 2.22. The van der Waals surface area contributed by atoms with Crippen molar-refractivity contribution in [2.75, 3.05) is 5.32 Å². The lowest BCUT2D eigenvalue weighted by atomic mass is 10.1. The van der Waals surface area contributed by atoms with Crippen LogP contribution >= 0.6 is 23.2 Å². The number of pyridine rings is 1. The summed E-state index contributed by atoms with van der Waals surface area (Å²) in [4.78, 5) is 27.1. The van der Waals surface area contributed by atoms with E-state index in [1.54, 1.807) is 30.3 Å². The Kier molecular flexibility index (Phi) is 4.88. The monoisotopic (exact) mass is 376 g/mol. The lowest BCUT2D eigenvalue weighted by molar-refractivity contribution is 0.102. The number of halogens is 3.